The Hall–Kier alpha value is -1.13. The molecule has 3 nitrogen and oxygen atoms in total. The molecule has 0 amide bonds. The number of hydrogen-bond donors (Lipinski definition) is 1. The van der Waals surface area contributed by atoms with Crippen molar-refractivity contribution in [2.75, 3.05) is 20.8 Å². The summed E-state index contributed by atoms with van der Waals surface area (Å²) in [6, 6.07) is 4.62. The summed E-state index contributed by atoms with van der Waals surface area (Å²) in [5.74, 6) is 0.450. The van der Waals surface area contributed by atoms with Crippen molar-refractivity contribution < 1.29 is 13.9 Å². The minimum atomic E-state index is -0.289. The van der Waals surface area contributed by atoms with Crippen LogP contribution < -0.4 is 10.1 Å². The summed E-state index contributed by atoms with van der Waals surface area (Å²) in [6.07, 6.45) is 1.75. The van der Waals surface area contributed by atoms with Gasteiger partial charge in [0.05, 0.1) is 12.7 Å². The van der Waals surface area contributed by atoms with Gasteiger partial charge in [-0.3, -0.25) is 0 Å². The van der Waals surface area contributed by atoms with Gasteiger partial charge < -0.3 is 14.8 Å². The number of benzene rings is 1. The number of methoxy groups -OCH3 is 2. The van der Waals surface area contributed by atoms with Crippen LogP contribution >= 0.6 is 0 Å². The van der Waals surface area contributed by atoms with Crippen molar-refractivity contribution >= 4 is 0 Å². The minimum absolute atomic E-state index is 0.00412. The Bertz CT molecular complexity index is 421. The molecule has 0 bridgehead atoms. The van der Waals surface area contributed by atoms with E-state index in [1.807, 2.05) is 13.8 Å². The third-order valence-electron chi connectivity index (χ3n) is 3.46. The molecule has 1 rings (SSSR count). The molecule has 0 aromatic heterocycles. The third kappa shape index (κ3) is 4.76. The lowest BCUT2D eigenvalue weighted by Gasteiger charge is -2.30. The highest BCUT2D eigenvalue weighted by atomic mass is 19.1. The van der Waals surface area contributed by atoms with Gasteiger partial charge in [-0.25, -0.2) is 4.39 Å². The molecule has 0 radical (unpaired) electrons. The average Bonchev–Trinajstić information content (AvgIpc) is 2.43. The van der Waals surface area contributed by atoms with Gasteiger partial charge >= 0.3 is 0 Å². The maximum absolute atomic E-state index is 13.6. The Morgan fingerprint density at radius 1 is 1.30 bits per heavy atom. The van der Waals surface area contributed by atoms with Gasteiger partial charge in [-0.1, -0.05) is 6.92 Å². The normalized spacial score (nSPS) is 13.3. The van der Waals surface area contributed by atoms with E-state index in [-0.39, 0.29) is 17.5 Å². The fraction of sp³-hybridized carbons (Fsp3) is 0.625. The monoisotopic (exact) mass is 283 g/mol. The Morgan fingerprint density at radius 3 is 2.55 bits per heavy atom. The Morgan fingerprint density at radius 2 is 2.00 bits per heavy atom. The van der Waals surface area contributed by atoms with E-state index in [9.17, 15) is 4.39 Å². The Labute approximate surface area is 121 Å². The molecule has 0 aliphatic heterocycles. The zero-order chi connectivity index (χ0) is 15.2. The maximum atomic E-state index is 13.6. The minimum Gasteiger partial charge on any atom is -0.496 e. The first-order valence-corrected chi connectivity index (χ1v) is 7.05. The van der Waals surface area contributed by atoms with Crippen LogP contribution in [0.3, 0.4) is 0 Å². The number of ether oxygens (including phenoxy) is 2. The van der Waals surface area contributed by atoms with Gasteiger partial charge in [-0.15, -0.1) is 0 Å². The Balaban J connectivity index is 3.06. The summed E-state index contributed by atoms with van der Waals surface area (Å²) < 4.78 is 24.4. The van der Waals surface area contributed by atoms with Crippen LogP contribution in [0.5, 0.6) is 5.75 Å². The van der Waals surface area contributed by atoms with Crippen molar-refractivity contribution in [1.82, 2.24) is 5.32 Å². The summed E-state index contributed by atoms with van der Waals surface area (Å²) in [5.41, 5.74) is 0.550. The van der Waals surface area contributed by atoms with E-state index in [4.69, 9.17) is 9.47 Å². The molecule has 0 fully saturated rings. The van der Waals surface area contributed by atoms with Crippen LogP contribution in [0, 0.1) is 5.82 Å². The van der Waals surface area contributed by atoms with Crippen molar-refractivity contribution in [2.24, 2.45) is 0 Å². The summed E-state index contributed by atoms with van der Waals surface area (Å²) in [5, 5.41) is 3.45. The van der Waals surface area contributed by atoms with Crippen molar-refractivity contribution in [3.05, 3.63) is 29.6 Å². The molecule has 0 saturated heterocycles. The first-order chi connectivity index (χ1) is 9.43. The second-order valence-corrected chi connectivity index (χ2v) is 5.56. The van der Waals surface area contributed by atoms with E-state index in [2.05, 4.69) is 12.2 Å². The van der Waals surface area contributed by atoms with E-state index in [1.54, 1.807) is 20.3 Å². The Kier molecular flexibility index (Phi) is 6.43. The molecule has 20 heavy (non-hydrogen) atoms. The smallest absolute Gasteiger partial charge is 0.123 e. The summed E-state index contributed by atoms with van der Waals surface area (Å²) in [6.45, 7) is 7.03. The predicted molar refractivity (Wildman–Crippen MR) is 79.7 cm³/mol. The third-order valence-corrected chi connectivity index (χ3v) is 3.46. The number of nitrogens with one attached hydrogen (secondary N) is 1. The van der Waals surface area contributed by atoms with Crippen LogP contribution in [0.15, 0.2) is 18.2 Å². The highest BCUT2D eigenvalue weighted by Crippen LogP contribution is 2.32. The van der Waals surface area contributed by atoms with Gasteiger partial charge in [0, 0.05) is 18.7 Å². The summed E-state index contributed by atoms with van der Waals surface area (Å²) >= 11 is 0. The molecular weight excluding hydrogens is 257 g/mol. The molecule has 1 aromatic rings. The largest absolute Gasteiger partial charge is 0.496 e. The molecule has 0 saturated carbocycles. The summed E-state index contributed by atoms with van der Waals surface area (Å²) in [7, 11) is 3.30. The van der Waals surface area contributed by atoms with Gasteiger partial charge in [0.2, 0.25) is 0 Å². The molecule has 0 aliphatic rings. The van der Waals surface area contributed by atoms with Crippen LogP contribution in [-0.2, 0) is 4.74 Å². The van der Waals surface area contributed by atoms with Gasteiger partial charge in [-0.05, 0) is 51.4 Å². The van der Waals surface area contributed by atoms with E-state index < -0.39 is 0 Å². The molecular formula is C16H26FNO2. The number of hydrogen-bond acceptors (Lipinski definition) is 3. The van der Waals surface area contributed by atoms with Crippen LogP contribution in [0.1, 0.15) is 45.2 Å². The van der Waals surface area contributed by atoms with E-state index >= 15 is 0 Å². The molecule has 114 valence electrons. The van der Waals surface area contributed by atoms with Crippen molar-refractivity contribution in [2.45, 2.75) is 45.3 Å². The quantitative estimate of drug-likeness (QED) is 0.789. The van der Waals surface area contributed by atoms with E-state index in [0.29, 0.717) is 5.75 Å². The lowest BCUT2D eigenvalue weighted by molar-refractivity contribution is 0.00666. The first kappa shape index (κ1) is 16.9. The maximum Gasteiger partial charge on any atom is 0.123 e. The number of halogens is 1. The molecule has 1 atom stereocenters. The molecule has 1 N–H and O–H groups in total. The predicted octanol–water partition coefficient (Wildman–Crippen LogP) is 3.69. The molecule has 1 aromatic carbocycles. The molecule has 0 heterocycles. The van der Waals surface area contributed by atoms with Crippen LogP contribution in [0.4, 0.5) is 4.39 Å². The van der Waals surface area contributed by atoms with Crippen molar-refractivity contribution in [1.29, 1.82) is 0 Å². The van der Waals surface area contributed by atoms with E-state index in [1.165, 1.54) is 12.1 Å². The molecule has 0 spiro atoms. The number of rotatable bonds is 8. The van der Waals surface area contributed by atoms with Gasteiger partial charge in [-0.2, -0.15) is 0 Å². The SMILES string of the molecule is CCCNC(CC(C)(C)OC)c1cc(F)ccc1OC. The highest BCUT2D eigenvalue weighted by molar-refractivity contribution is 5.36. The zero-order valence-electron chi connectivity index (χ0n) is 13.1. The second-order valence-electron chi connectivity index (χ2n) is 5.56. The molecule has 0 aliphatic carbocycles. The zero-order valence-corrected chi connectivity index (χ0v) is 13.1. The van der Waals surface area contributed by atoms with Crippen LogP contribution in [0.2, 0.25) is 0 Å². The highest BCUT2D eigenvalue weighted by Gasteiger charge is 2.26. The molecule has 4 heteroatoms. The van der Waals surface area contributed by atoms with Gasteiger partial charge in [0.15, 0.2) is 0 Å². The van der Waals surface area contributed by atoms with Crippen molar-refractivity contribution in [3.8, 4) is 5.75 Å². The lowest BCUT2D eigenvalue weighted by Crippen LogP contribution is -2.32. The van der Waals surface area contributed by atoms with Crippen LogP contribution in [0.25, 0.3) is 0 Å². The topological polar surface area (TPSA) is 30.5 Å². The van der Waals surface area contributed by atoms with E-state index in [0.717, 1.165) is 24.9 Å². The molecule has 1 unspecified atom stereocenters. The summed E-state index contributed by atoms with van der Waals surface area (Å²) in [4.78, 5) is 0. The van der Waals surface area contributed by atoms with Gasteiger partial charge in [0.25, 0.3) is 0 Å². The average molecular weight is 283 g/mol. The van der Waals surface area contributed by atoms with Gasteiger partial charge in [0.1, 0.15) is 11.6 Å². The second kappa shape index (κ2) is 7.60. The standard InChI is InChI=1S/C16H26FNO2/c1-6-9-18-14(11-16(2,3)20-5)13-10-12(17)7-8-15(13)19-4/h7-8,10,14,18H,6,9,11H2,1-5H3. The fourth-order valence-electron chi connectivity index (χ4n) is 2.16. The van der Waals surface area contributed by atoms with Crippen LogP contribution in [-0.4, -0.2) is 26.4 Å². The first-order valence-electron chi connectivity index (χ1n) is 7.05. The lowest BCUT2D eigenvalue weighted by atomic mass is 9.92. The van der Waals surface area contributed by atoms with Crippen molar-refractivity contribution in [3.63, 3.8) is 0 Å². The fourth-order valence-corrected chi connectivity index (χ4v) is 2.16.